The van der Waals surface area contributed by atoms with Gasteiger partial charge in [0.1, 0.15) is 0 Å². The van der Waals surface area contributed by atoms with E-state index in [4.69, 9.17) is 5.73 Å². The summed E-state index contributed by atoms with van der Waals surface area (Å²) in [5.41, 5.74) is 9.37. The van der Waals surface area contributed by atoms with Crippen LogP contribution in [0.4, 0.5) is 5.95 Å². The molecule has 0 radical (unpaired) electrons. The van der Waals surface area contributed by atoms with Gasteiger partial charge in [0.05, 0.1) is 11.0 Å². The second kappa shape index (κ2) is 5.40. The average molecular weight is 246 g/mol. The highest BCUT2D eigenvalue weighted by Gasteiger charge is 2.08. The van der Waals surface area contributed by atoms with Crippen molar-refractivity contribution in [3.8, 4) is 0 Å². The molecule has 1 heterocycles. The molecule has 1 aromatic carbocycles. The van der Waals surface area contributed by atoms with E-state index in [0.29, 0.717) is 5.95 Å². The van der Waals surface area contributed by atoms with E-state index in [-0.39, 0.29) is 0 Å². The summed E-state index contributed by atoms with van der Waals surface area (Å²) in [6.07, 6.45) is 2.31. The molecule has 18 heavy (non-hydrogen) atoms. The molecule has 98 valence electrons. The SMILES string of the molecule is Cc1cccc2c1nc(N)n2CCCCN(C)C. The van der Waals surface area contributed by atoms with Crippen LogP contribution in [-0.2, 0) is 6.54 Å². The third-order valence-electron chi connectivity index (χ3n) is 3.25. The lowest BCUT2D eigenvalue weighted by molar-refractivity contribution is 0.388. The van der Waals surface area contributed by atoms with Crippen LogP contribution in [-0.4, -0.2) is 35.1 Å². The van der Waals surface area contributed by atoms with Crippen molar-refractivity contribution in [2.24, 2.45) is 0 Å². The Kier molecular flexibility index (Phi) is 3.87. The maximum absolute atomic E-state index is 6.01. The zero-order valence-electron chi connectivity index (χ0n) is 11.5. The van der Waals surface area contributed by atoms with Gasteiger partial charge in [0.2, 0.25) is 5.95 Å². The second-order valence-corrected chi connectivity index (χ2v) is 5.07. The van der Waals surface area contributed by atoms with Gasteiger partial charge < -0.3 is 15.2 Å². The van der Waals surface area contributed by atoms with Crippen molar-refractivity contribution in [3.05, 3.63) is 23.8 Å². The quantitative estimate of drug-likeness (QED) is 0.823. The van der Waals surface area contributed by atoms with Crippen molar-refractivity contribution in [3.63, 3.8) is 0 Å². The molecule has 0 unspecified atom stereocenters. The number of rotatable bonds is 5. The van der Waals surface area contributed by atoms with E-state index in [2.05, 4.69) is 53.7 Å². The van der Waals surface area contributed by atoms with E-state index < -0.39 is 0 Å². The molecule has 0 aliphatic carbocycles. The van der Waals surface area contributed by atoms with Crippen LogP contribution < -0.4 is 5.73 Å². The summed E-state index contributed by atoms with van der Waals surface area (Å²) in [6.45, 7) is 4.14. The molecule has 0 bridgehead atoms. The third kappa shape index (κ3) is 2.64. The van der Waals surface area contributed by atoms with Gasteiger partial charge in [0.15, 0.2) is 0 Å². The first-order valence-corrected chi connectivity index (χ1v) is 6.45. The molecular formula is C14H22N4. The lowest BCUT2D eigenvalue weighted by Gasteiger charge is -2.10. The topological polar surface area (TPSA) is 47.1 Å². The van der Waals surface area contributed by atoms with E-state index in [0.717, 1.165) is 30.5 Å². The lowest BCUT2D eigenvalue weighted by atomic mass is 10.2. The number of benzene rings is 1. The van der Waals surface area contributed by atoms with Gasteiger partial charge in [-0.25, -0.2) is 4.98 Å². The predicted molar refractivity (Wildman–Crippen MR) is 76.7 cm³/mol. The van der Waals surface area contributed by atoms with E-state index in [1.165, 1.54) is 12.0 Å². The first kappa shape index (κ1) is 12.9. The minimum Gasteiger partial charge on any atom is -0.369 e. The Hall–Kier alpha value is -1.55. The Balaban J connectivity index is 2.13. The van der Waals surface area contributed by atoms with Crippen LogP contribution in [0.1, 0.15) is 18.4 Å². The summed E-state index contributed by atoms with van der Waals surface area (Å²) in [7, 11) is 4.20. The molecule has 4 nitrogen and oxygen atoms in total. The Labute approximate surface area is 108 Å². The molecule has 0 atom stereocenters. The van der Waals surface area contributed by atoms with Crippen LogP contribution in [0, 0.1) is 6.92 Å². The third-order valence-corrected chi connectivity index (χ3v) is 3.25. The molecule has 0 spiro atoms. The minimum absolute atomic E-state index is 0.629. The maximum atomic E-state index is 6.01. The summed E-state index contributed by atoms with van der Waals surface area (Å²) in [5.74, 6) is 0.629. The highest BCUT2D eigenvalue weighted by atomic mass is 15.1. The first-order valence-electron chi connectivity index (χ1n) is 6.45. The Morgan fingerprint density at radius 3 is 2.78 bits per heavy atom. The number of nitrogen functional groups attached to an aromatic ring is 1. The van der Waals surface area contributed by atoms with Gasteiger partial charge in [-0.15, -0.1) is 0 Å². The number of hydrogen-bond donors (Lipinski definition) is 1. The molecule has 2 aromatic rings. The van der Waals surface area contributed by atoms with Gasteiger partial charge in [-0.05, 0) is 52.0 Å². The molecule has 0 saturated heterocycles. The number of fused-ring (bicyclic) bond motifs is 1. The number of imidazole rings is 1. The highest BCUT2D eigenvalue weighted by molar-refractivity contribution is 5.81. The maximum Gasteiger partial charge on any atom is 0.201 e. The summed E-state index contributed by atoms with van der Waals surface area (Å²) in [5, 5.41) is 0. The predicted octanol–water partition coefficient (Wildman–Crippen LogP) is 2.27. The molecule has 2 N–H and O–H groups in total. The molecule has 0 fully saturated rings. The van der Waals surface area contributed by atoms with Crippen LogP contribution in [0.2, 0.25) is 0 Å². The van der Waals surface area contributed by atoms with Gasteiger partial charge in [-0.2, -0.15) is 0 Å². The highest BCUT2D eigenvalue weighted by Crippen LogP contribution is 2.21. The number of nitrogens with two attached hydrogens (primary N) is 1. The van der Waals surface area contributed by atoms with Crippen molar-refractivity contribution in [2.75, 3.05) is 26.4 Å². The Bertz CT molecular complexity index is 528. The fraction of sp³-hybridized carbons (Fsp3) is 0.500. The fourth-order valence-electron chi connectivity index (χ4n) is 2.24. The van der Waals surface area contributed by atoms with Crippen LogP contribution >= 0.6 is 0 Å². The summed E-state index contributed by atoms with van der Waals surface area (Å²) < 4.78 is 2.12. The van der Waals surface area contributed by atoms with E-state index >= 15 is 0 Å². The largest absolute Gasteiger partial charge is 0.369 e. The zero-order valence-corrected chi connectivity index (χ0v) is 11.5. The van der Waals surface area contributed by atoms with Gasteiger partial charge in [-0.1, -0.05) is 12.1 Å². The van der Waals surface area contributed by atoms with Crippen LogP contribution in [0.3, 0.4) is 0 Å². The molecule has 2 rings (SSSR count). The average Bonchev–Trinajstić information content (AvgIpc) is 2.63. The van der Waals surface area contributed by atoms with E-state index in [1.54, 1.807) is 0 Å². The number of para-hydroxylation sites is 1. The summed E-state index contributed by atoms with van der Waals surface area (Å²) in [4.78, 5) is 6.66. The Morgan fingerprint density at radius 1 is 1.28 bits per heavy atom. The number of aryl methyl sites for hydroxylation is 2. The fourth-order valence-corrected chi connectivity index (χ4v) is 2.24. The molecule has 1 aromatic heterocycles. The first-order chi connectivity index (χ1) is 8.59. The van der Waals surface area contributed by atoms with Crippen molar-refractivity contribution in [1.82, 2.24) is 14.5 Å². The number of nitrogens with zero attached hydrogens (tertiary/aromatic N) is 3. The normalized spacial score (nSPS) is 11.6. The van der Waals surface area contributed by atoms with E-state index in [1.807, 2.05) is 0 Å². The van der Waals surface area contributed by atoms with Gasteiger partial charge >= 0.3 is 0 Å². The zero-order chi connectivity index (χ0) is 13.1. The number of unbranched alkanes of at least 4 members (excludes halogenated alkanes) is 1. The van der Waals surface area contributed by atoms with Crippen molar-refractivity contribution in [2.45, 2.75) is 26.3 Å². The molecular weight excluding hydrogens is 224 g/mol. The lowest BCUT2D eigenvalue weighted by Crippen LogP contribution is -2.13. The molecule has 0 aliphatic rings. The van der Waals surface area contributed by atoms with Crippen molar-refractivity contribution < 1.29 is 0 Å². The van der Waals surface area contributed by atoms with Gasteiger partial charge in [-0.3, -0.25) is 0 Å². The number of aromatic nitrogens is 2. The summed E-state index contributed by atoms with van der Waals surface area (Å²) >= 11 is 0. The monoisotopic (exact) mass is 246 g/mol. The molecule has 4 heteroatoms. The van der Waals surface area contributed by atoms with Crippen LogP contribution in [0.15, 0.2) is 18.2 Å². The van der Waals surface area contributed by atoms with Gasteiger partial charge in [0, 0.05) is 6.54 Å². The minimum atomic E-state index is 0.629. The Morgan fingerprint density at radius 2 is 2.06 bits per heavy atom. The standard InChI is InChI=1S/C14H22N4/c1-11-7-6-8-12-13(11)16-14(15)18(12)10-5-4-9-17(2)3/h6-8H,4-5,9-10H2,1-3H3,(H2,15,16). The van der Waals surface area contributed by atoms with Crippen LogP contribution in [0.25, 0.3) is 11.0 Å². The van der Waals surface area contributed by atoms with E-state index in [9.17, 15) is 0 Å². The second-order valence-electron chi connectivity index (χ2n) is 5.07. The number of anilines is 1. The molecule has 0 saturated carbocycles. The number of hydrogen-bond acceptors (Lipinski definition) is 3. The van der Waals surface area contributed by atoms with Crippen molar-refractivity contribution in [1.29, 1.82) is 0 Å². The van der Waals surface area contributed by atoms with Crippen LogP contribution in [0.5, 0.6) is 0 Å². The van der Waals surface area contributed by atoms with Crippen molar-refractivity contribution >= 4 is 17.0 Å². The summed E-state index contributed by atoms with van der Waals surface area (Å²) in [6, 6.07) is 6.23. The molecule has 0 amide bonds. The molecule has 0 aliphatic heterocycles. The van der Waals surface area contributed by atoms with Gasteiger partial charge in [0.25, 0.3) is 0 Å². The smallest absolute Gasteiger partial charge is 0.201 e.